The molecule has 5 heteroatoms. The lowest BCUT2D eigenvalue weighted by molar-refractivity contribution is 0.0926. The highest BCUT2D eigenvalue weighted by atomic mass is 79.9. The molecule has 0 spiro atoms. The summed E-state index contributed by atoms with van der Waals surface area (Å²) in [5.41, 5.74) is 7.39. The molecule has 4 nitrogen and oxygen atoms in total. The molecule has 2 aromatic rings. The van der Waals surface area contributed by atoms with Gasteiger partial charge in [0.25, 0.3) is 11.8 Å². The number of para-hydroxylation sites is 1. The lowest BCUT2D eigenvalue weighted by Crippen LogP contribution is -2.29. The third-order valence-corrected chi connectivity index (χ3v) is 3.67. The van der Waals surface area contributed by atoms with Gasteiger partial charge in [-0.05, 0) is 46.3 Å². The molecule has 1 aliphatic rings. The number of rotatable bonds is 1. The number of carbonyl (C=O) groups is 2. The van der Waals surface area contributed by atoms with Crippen LogP contribution in [0.3, 0.4) is 0 Å². The van der Waals surface area contributed by atoms with Gasteiger partial charge in [-0.25, -0.2) is 4.90 Å². The van der Waals surface area contributed by atoms with Crippen molar-refractivity contribution in [3.63, 3.8) is 0 Å². The second-order valence-electron chi connectivity index (χ2n) is 4.20. The molecule has 1 heterocycles. The molecule has 2 amide bonds. The zero-order valence-corrected chi connectivity index (χ0v) is 11.3. The number of benzene rings is 2. The van der Waals surface area contributed by atoms with Crippen LogP contribution in [0.4, 0.5) is 11.4 Å². The van der Waals surface area contributed by atoms with Crippen LogP contribution in [0.1, 0.15) is 20.7 Å². The number of carbonyl (C=O) groups excluding carboxylic acids is 2. The number of fused-ring (bicyclic) bond motifs is 1. The normalized spacial score (nSPS) is 13.8. The van der Waals surface area contributed by atoms with Crippen LogP contribution in [0, 0.1) is 0 Å². The fourth-order valence-electron chi connectivity index (χ4n) is 2.11. The summed E-state index contributed by atoms with van der Waals surface area (Å²) in [7, 11) is 0. The Hall–Kier alpha value is -2.14. The first-order valence-electron chi connectivity index (χ1n) is 5.62. The largest absolute Gasteiger partial charge is 0.399 e. The van der Waals surface area contributed by atoms with Gasteiger partial charge in [-0.1, -0.05) is 12.1 Å². The molecule has 0 fully saturated rings. The van der Waals surface area contributed by atoms with Crippen molar-refractivity contribution in [1.29, 1.82) is 0 Å². The third kappa shape index (κ3) is 1.74. The Morgan fingerprint density at radius 3 is 2.37 bits per heavy atom. The van der Waals surface area contributed by atoms with E-state index in [0.717, 1.165) is 4.90 Å². The van der Waals surface area contributed by atoms with Gasteiger partial charge in [-0.2, -0.15) is 0 Å². The standard InChI is InChI=1S/C14H9BrN2O2/c15-11-3-1-2-4-12(11)17-13(18)9-6-5-8(16)7-10(9)14(17)19/h1-7H,16H2. The van der Waals surface area contributed by atoms with Crippen LogP contribution in [0.2, 0.25) is 0 Å². The summed E-state index contributed by atoms with van der Waals surface area (Å²) in [4.78, 5) is 25.8. The number of halogens is 1. The molecule has 0 saturated heterocycles. The monoisotopic (exact) mass is 316 g/mol. The topological polar surface area (TPSA) is 63.4 Å². The molecule has 0 aromatic heterocycles. The first-order chi connectivity index (χ1) is 9.09. The molecule has 0 aliphatic carbocycles. The lowest BCUT2D eigenvalue weighted by Gasteiger charge is -2.15. The SMILES string of the molecule is Nc1ccc2c(c1)C(=O)N(c1ccccc1Br)C2=O. The highest BCUT2D eigenvalue weighted by Crippen LogP contribution is 2.33. The zero-order valence-electron chi connectivity index (χ0n) is 9.76. The molecule has 0 bridgehead atoms. The summed E-state index contributed by atoms with van der Waals surface area (Å²) >= 11 is 3.35. The van der Waals surface area contributed by atoms with Crippen LogP contribution >= 0.6 is 15.9 Å². The van der Waals surface area contributed by atoms with E-state index in [2.05, 4.69) is 15.9 Å². The van der Waals surface area contributed by atoms with Gasteiger partial charge in [0, 0.05) is 10.2 Å². The summed E-state index contributed by atoms with van der Waals surface area (Å²) in [6.07, 6.45) is 0. The molecule has 2 N–H and O–H groups in total. The maximum atomic E-state index is 12.3. The molecular weight excluding hydrogens is 308 g/mol. The number of nitrogens with two attached hydrogens (primary N) is 1. The summed E-state index contributed by atoms with van der Waals surface area (Å²) in [6, 6.07) is 11.8. The highest BCUT2D eigenvalue weighted by Gasteiger charge is 2.37. The minimum absolute atomic E-state index is 0.327. The maximum Gasteiger partial charge on any atom is 0.266 e. The van der Waals surface area contributed by atoms with Gasteiger partial charge in [-0.15, -0.1) is 0 Å². The molecule has 0 atom stereocenters. The second kappa shape index (κ2) is 4.20. The van der Waals surface area contributed by atoms with Crippen LogP contribution in [0.15, 0.2) is 46.9 Å². The Labute approximate surface area is 118 Å². The summed E-state index contributed by atoms with van der Waals surface area (Å²) < 4.78 is 0.692. The van der Waals surface area contributed by atoms with Gasteiger partial charge in [0.2, 0.25) is 0 Å². The Bertz CT molecular complexity index is 712. The predicted molar refractivity (Wildman–Crippen MR) is 76.1 cm³/mol. The van der Waals surface area contributed by atoms with Crippen LogP contribution in [-0.4, -0.2) is 11.8 Å². The van der Waals surface area contributed by atoms with Crippen molar-refractivity contribution in [3.05, 3.63) is 58.1 Å². The van der Waals surface area contributed by atoms with Crippen molar-refractivity contribution in [2.24, 2.45) is 0 Å². The van der Waals surface area contributed by atoms with Gasteiger partial charge in [-0.3, -0.25) is 9.59 Å². The zero-order chi connectivity index (χ0) is 13.6. The number of imide groups is 1. The second-order valence-corrected chi connectivity index (χ2v) is 5.06. The lowest BCUT2D eigenvalue weighted by atomic mass is 10.1. The number of nitrogens with zero attached hydrogens (tertiary/aromatic N) is 1. The van der Waals surface area contributed by atoms with Gasteiger partial charge in [0.1, 0.15) is 0 Å². The molecule has 19 heavy (non-hydrogen) atoms. The fraction of sp³-hybridized carbons (Fsp3) is 0. The Morgan fingerprint density at radius 1 is 0.947 bits per heavy atom. The Kier molecular flexibility index (Phi) is 2.64. The van der Waals surface area contributed by atoms with E-state index in [1.165, 1.54) is 6.07 Å². The summed E-state index contributed by atoms with van der Waals surface area (Å²) in [6.45, 7) is 0. The van der Waals surface area contributed by atoms with Gasteiger partial charge < -0.3 is 5.73 Å². The number of nitrogen functional groups attached to an aromatic ring is 1. The average molecular weight is 317 g/mol. The van der Waals surface area contributed by atoms with E-state index in [9.17, 15) is 9.59 Å². The van der Waals surface area contributed by atoms with Crippen LogP contribution in [0.25, 0.3) is 0 Å². The molecule has 0 saturated carbocycles. The van der Waals surface area contributed by atoms with Crippen molar-refractivity contribution in [1.82, 2.24) is 0 Å². The van der Waals surface area contributed by atoms with E-state index in [4.69, 9.17) is 5.73 Å². The van der Waals surface area contributed by atoms with Crippen molar-refractivity contribution >= 4 is 39.1 Å². The van der Waals surface area contributed by atoms with Crippen LogP contribution < -0.4 is 10.6 Å². The van der Waals surface area contributed by atoms with Crippen LogP contribution in [-0.2, 0) is 0 Å². The molecule has 94 valence electrons. The minimum atomic E-state index is -0.348. The smallest absolute Gasteiger partial charge is 0.266 e. The van der Waals surface area contributed by atoms with E-state index >= 15 is 0 Å². The quantitative estimate of drug-likeness (QED) is 0.650. The summed E-state index contributed by atoms with van der Waals surface area (Å²) in [5.74, 6) is -0.675. The maximum absolute atomic E-state index is 12.3. The molecule has 0 unspecified atom stereocenters. The van der Waals surface area contributed by atoms with Crippen molar-refractivity contribution in [3.8, 4) is 0 Å². The average Bonchev–Trinajstić information content (AvgIpc) is 2.63. The molecular formula is C14H9BrN2O2. The fourth-order valence-corrected chi connectivity index (χ4v) is 2.57. The van der Waals surface area contributed by atoms with E-state index in [1.807, 2.05) is 6.07 Å². The number of amides is 2. The molecule has 1 aliphatic heterocycles. The third-order valence-electron chi connectivity index (χ3n) is 3.00. The number of hydrogen-bond acceptors (Lipinski definition) is 3. The van der Waals surface area contributed by atoms with E-state index in [0.29, 0.717) is 27.0 Å². The first-order valence-corrected chi connectivity index (χ1v) is 6.42. The van der Waals surface area contributed by atoms with E-state index < -0.39 is 0 Å². The Balaban J connectivity index is 2.16. The number of anilines is 2. The highest BCUT2D eigenvalue weighted by molar-refractivity contribution is 9.10. The van der Waals surface area contributed by atoms with Crippen LogP contribution in [0.5, 0.6) is 0 Å². The van der Waals surface area contributed by atoms with Gasteiger partial charge in [0.05, 0.1) is 16.8 Å². The molecule has 0 radical (unpaired) electrons. The van der Waals surface area contributed by atoms with E-state index in [-0.39, 0.29) is 11.8 Å². The first kappa shape index (κ1) is 11.9. The minimum Gasteiger partial charge on any atom is -0.399 e. The van der Waals surface area contributed by atoms with E-state index in [1.54, 1.807) is 30.3 Å². The van der Waals surface area contributed by atoms with Crippen molar-refractivity contribution in [2.75, 3.05) is 10.6 Å². The molecule has 3 rings (SSSR count). The predicted octanol–water partition coefficient (Wildman–Crippen LogP) is 2.83. The van der Waals surface area contributed by atoms with Crippen molar-refractivity contribution in [2.45, 2.75) is 0 Å². The molecule has 2 aromatic carbocycles. The van der Waals surface area contributed by atoms with Gasteiger partial charge >= 0.3 is 0 Å². The Morgan fingerprint density at radius 2 is 1.63 bits per heavy atom. The van der Waals surface area contributed by atoms with Gasteiger partial charge in [0.15, 0.2) is 0 Å². The van der Waals surface area contributed by atoms with Crippen molar-refractivity contribution < 1.29 is 9.59 Å². The summed E-state index contributed by atoms with van der Waals surface area (Å²) in [5, 5.41) is 0. The number of hydrogen-bond donors (Lipinski definition) is 1.